The van der Waals surface area contributed by atoms with Gasteiger partial charge in [0.15, 0.2) is 5.69 Å². The Morgan fingerprint density at radius 1 is 1.17 bits per heavy atom. The Morgan fingerprint density at radius 3 is 2.83 bits per heavy atom. The van der Waals surface area contributed by atoms with Gasteiger partial charge in [-0.25, -0.2) is 4.98 Å². The fourth-order valence-corrected chi connectivity index (χ4v) is 3.13. The van der Waals surface area contributed by atoms with Crippen LogP contribution in [0.25, 0.3) is 11.5 Å². The second-order valence-electron chi connectivity index (χ2n) is 5.89. The Kier molecular flexibility index (Phi) is 3.54. The number of oxazole rings is 1. The van der Waals surface area contributed by atoms with Crippen LogP contribution in [0.2, 0.25) is 0 Å². The number of nitrogens with two attached hydrogens (primary N) is 1. The monoisotopic (exact) mass is 319 g/mol. The summed E-state index contributed by atoms with van der Waals surface area (Å²) in [6.07, 6.45) is 3.26. The SMILES string of the molecule is Nc1ccccc1-c1nc(C(=O)NC2CCc3ccccc32)co1. The van der Waals surface area contributed by atoms with Gasteiger partial charge in [0.1, 0.15) is 6.26 Å². The molecule has 24 heavy (non-hydrogen) atoms. The highest BCUT2D eigenvalue weighted by atomic mass is 16.3. The molecule has 5 heteroatoms. The van der Waals surface area contributed by atoms with E-state index in [9.17, 15) is 4.79 Å². The normalized spacial score (nSPS) is 15.9. The maximum atomic E-state index is 12.5. The average Bonchev–Trinajstić information content (AvgIpc) is 3.23. The average molecular weight is 319 g/mol. The van der Waals surface area contributed by atoms with E-state index in [0.717, 1.165) is 12.8 Å². The number of amides is 1. The van der Waals surface area contributed by atoms with Crippen LogP contribution in [0.5, 0.6) is 0 Å². The lowest BCUT2D eigenvalue weighted by Gasteiger charge is -2.12. The summed E-state index contributed by atoms with van der Waals surface area (Å²) in [5.74, 6) is 0.117. The number of nitrogens with one attached hydrogen (secondary N) is 1. The molecule has 1 aromatic heterocycles. The summed E-state index contributed by atoms with van der Waals surface area (Å²) in [6, 6.07) is 15.5. The molecule has 1 amide bonds. The second-order valence-corrected chi connectivity index (χ2v) is 5.89. The fraction of sp³-hybridized carbons (Fsp3) is 0.158. The Balaban J connectivity index is 1.53. The molecule has 120 valence electrons. The first-order valence-corrected chi connectivity index (χ1v) is 7.91. The van der Waals surface area contributed by atoms with Gasteiger partial charge in [-0.3, -0.25) is 4.79 Å². The van der Waals surface area contributed by atoms with Gasteiger partial charge in [0, 0.05) is 5.69 Å². The van der Waals surface area contributed by atoms with Gasteiger partial charge < -0.3 is 15.5 Å². The molecule has 0 aliphatic heterocycles. The number of benzene rings is 2. The van der Waals surface area contributed by atoms with E-state index in [1.165, 1.54) is 17.4 Å². The largest absolute Gasteiger partial charge is 0.444 e. The Morgan fingerprint density at radius 2 is 1.96 bits per heavy atom. The molecule has 0 radical (unpaired) electrons. The lowest BCUT2D eigenvalue weighted by Crippen LogP contribution is -2.27. The Bertz CT molecular complexity index is 901. The summed E-state index contributed by atoms with van der Waals surface area (Å²) < 4.78 is 5.43. The highest BCUT2D eigenvalue weighted by Gasteiger charge is 2.25. The van der Waals surface area contributed by atoms with Gasteiger partial charge >= 0.3 is 0 Å². The van der Waals surface area contributed by atoms with Crippen molar-refractivity contribution in [2.75, 3.05) is 5.73 Å². The standard InChI is InChI=1S/C19H17N3O2/c20-15-8-4-3-7-14(15)19-22-17(11-24-19)18(23)21-16-10-9-12-5-1-2-6-13(12)16/h1-8,11,16H,9-10,20H2,(H,21,23). The lowest BCUT2D eigenvalue weighted by molar-refractivity contribution is 0.0931. The summed E-state index contributed by atoms with van der Waals surface area (Å²) >= 11 is 0. The van der Waals surface area contributed by atoms with Crippen LogP contribution in [0.1, 0.15) is 34.1 Å². The predicted octanol–water partition coefficient (Wildman–Crippen LogP) is 3.34. The zero-order valence-electron chi connectivity index (χ0n) is 13.0. The third kappa shape index (κ3) is 2.54. The first kappa shape index (κ1) is 14.5. The molecule has 3 N–H and O–H groups in total. The van der Waals surface area contributed by atoms with Gasteiger partial charge in [0.2, 0.25) is 5.89 Å². The number of fused-ring (bicyclic) bond motifs is 1. The molecule has 1 unspecified atom stereocenters. The number of aryl methyl sites for hydroxylation is 1. The van der Waals surface area contributed by atoms with Crippen molar-refractivity contribution < 1.29 is 9.21 Å². The highest BCUT2D eigenvalue weighted by molar-refractivity contribution is 5.93. The number of carbonyl (C=O) groups excluding carboxylic acids is 1. The molecule has 1 aliphatic rings. The topological polar surface area (TPSA) is 81.1 Å². The zero-order chi connectivity index (χ0) is 16.5. The quantitative estimate of drug-likeness (QED) is 0.725. The molecule has 0 saturated heterocycles. The fourth-order valence-electron chi connectivity index (χ4n) is 3.13. The number of para-hydroxylation sites is 1. The number of nitrogen functional groups attached to an aromatic ring is 1. The number of hydrogen-bond acceptors (Lipinski definition) is 4. The summed E-state index contributed by atoms with van der Waals surface area (Å²) in [5.41, 5.74) is 9.91. The minimum Gasteiger partial charge on any atom is -0.444 e. The summed E-state index contributed by atoms with van der Waals surface area (Å²) in [5, 5.41) is 3.04. The number of rotatable bonds is 3. The van der Waals surface area contributed by atoms with Crippen molar-refractivity contribution in [3.8, 4) is 11.5 Å². The smallest absolute Gasteiger partial charge is 0.273 e. The van der Waals surface area contributed by atoms with E-state index in [0.29, 0.717) is 17.1 Å². The summed E-state index contributed by atoms with van der Waals surface area (Å²) in [4.78, 5) is 16.8. The van der Waals surface area contributed by atoms with Crippen LogP contribution in [0.3, 0.4) is 0 Å². The molecule has 1 atom stereocenters. The summed E-state index contributed by atoms with van der Waals surface area (Å²) in [7, 11) is 0. The van der Waals surface area contributed by atoms with E-state index in [2.05, 4.69) is 22.4 Å². The third-order valence-corrected chi connectivity index (χ3v) is 4.37. The number of nitrogens with zero attached hydrogens (tertiary/aromatic N) is 1. The van der Waals surface area contributed by atoms with Gasteiger partial charge in [-0.15, -0.1) is 0 Å². The minimum absolute atomic E-state index is 0.0237. The van der Waals surface area contributed by atoms with Crippen molar-refractivity contribution >= 4 is 11.6 Å². The van der Waals surface area contributed by atoms with Crippen LogP contribution in [-0.4, -0.2) is 10.9 Å². The second kappa shape index (κ2) is 5.85. The number of hydrogen-bond donors (Lipinski definition) is 2. The lowest BCUT2D eigenvalue weighted by atomic mass is 10.1. The molecule has 0 saturated carbocycles. The predicted molar refractivity (Wildman–Crippen MR) is 91.3 cm³/mol. The Hall–Kier alpha value is -3.08. The number of anilines is 1. The maximum Gasteiger partial charge on any atom is 0.273 e. The van der Waals surface area contributed by atoms with E-state index >= 15 is 0 Å². The number of carbonyl (C=O) groups is 1. The van der Waals surface area contributed by atoms with Crippen molar-refractivity contribution in [1.82, 2.24) is 10.3 Å². The van der Waals surface area contributed by atoms with Crippen molar-refractivity contribution in [3.63, 3.8) is 0 Å². The molecule has 1 heterocycles. The van der Waals surface area contributed by atoms with Gasteiger partial charge in [0.25, 0.3) is 5.91 Å². The van der Waals surface area contributed by atoms with E-state index in [4.69, 9.17) is 10.2 Å². The van der Waals surface area contributed by atoms with E-state index in [-0.39, 0.29) is 17.6 Å². The molecule has 1 aliphatic carbocycles. The van der Waals surface area contributed by atoms with Crippen LogP contribution in [0, 0.1) is 0 Å². The molecular formula is C19H17N3O2. The highest BCUT2D eigenvalue weighted by Crippen LogP contribution is 2.31. The van der Waals surface area contributed by atoms with Crippen molar-refractivity contribution in [1.29, 1.82) is 0 Å². The van der Waals surface area contributed by atoms with E-state index < -0.39 is 0 Å². The molecule has 3 aromatic rings. The third-order valence-electron chi connectivity index (χ3n) is 4.37. The van der Waals surface area contributed by atoms with Gasteiger partial charge in [-0.2, -0.15) is 0 Å². The first-order chi connectivity index (χ1) is 11.7. The molecular weight excluding hydrogens is 302 g/mol. The molecule has 2 aromatic carbocycles. The zero-order valence-corrected chi connectivity index (χ0v) is 13.0. The Labute approximate surface area is 139 Å². The first-order valence-electron chi connectivity index (χ1n) is 7.91. The van der Waals surface area contributed by atoms with Crippen molar-refractivity contribution in [2.45, 2.75) is 18.9 Å². The molecule has 0 spiro atoms. The maximum absolute atomic E-state index is 12.5. The van der Waals surface area contributed by atoms with Crippen LogP contribution in [0.15, 0.2) is 59.2 Å². The van der Waals surface area contributed by atoms with E-state index in [1.54, 1.807) is 6.07 Å². The molecule has 5 nitrogen and oxygen atoms in total. The summed E-state index contributed by atoms with van der Waals surface area (Å²) in [6.45, 7) is 0. The minimum atomic E-state index is -0.235. The van der Waals surface area contributed by atoms with Crippen molar-refractivity contribution in [3.05, 3.63) is 71.6 Å². The van der Waals surface area contributed by atoms with Crippen LogP contribution < -0.4 is 11.1 Å². The van der Waals surface area contributed by atoms with Crippen LogP contribution in [0.4, 0.5) is 5.69 Å². The van der Waals surface area contributed by atoms with Crippen LogP contribution >= 0.6 is 0 Å². The number of aromatic nitrogens is 1. The molecule has 0 bridgehead atoms. The van der Waals surface area contributed by atoms with Gasteiger partial charge in [-0.05, 0) is 36.1 Å². The van der Waals surface area contributed by atoms with Crippen LogP contribution in [-0.2, 0) is 6.42 Å². The van der Waals surface area contributed by atoms with Gasteiger partial charge in [-0.1, -0.05) is 36.4 Å². The van der Waals surface area contributed by atoms with Gasteiger partial charge in [0.05, 0.1) is 11.6 Å². The molecule has 0 fully saturated rings. The van der Waals surface area contributed by atoms with Crippen molar-refractivity contribution in [2.24, 2.45) is 0 Å². The van der Waals surface area contributed by atoms with E-state index in [1.807, 2.05) is 30.3 Å². The molecule has 4 rings (SSSR count).